The first-order valence-electron chi connectivity index (χ1n) is 9.55. The molecule has 0 spiro atoms. The quantitative estimate of drug-likeness (QED) is 0.645. The van der Waals surface area contributed by atoms with Crippen molar-refractivity contribution in [1.29, 1.82) is 0 Å². The number of benzene rings is 1. The van der Waals surface area contributed by atoms with E-state index in [1.165, 1.54) is 11.1 Å². The molecule has 2 N–H and O–H groups in total. The van der Waals surface area contributed by atoms with Crippen LogP contribution in [0, 0.1) is 0 Å². The molecule has 0 saturated heterocycles. The van der Waals surface area contributed by atoms with E-state index in [0.29, 0.717) is 6.61 Å². The third kappa shape index (κ3) is 7.85. The first-order chi connectivity index (χ1) is 14.7. The van der Waals surface area contributed by atoms with Crippen molar-refractivity contribution in [3.63, 3.8) is 0 Å². The lowest BCUT2D eigenvalue weighted by atomic mass is 10.1. The average Bonchev–Trinajstić information content (AvgIpc) is 3.16. The molecule has 1 atom stereocenters. The van der Waals surface area contributed by atoms with E-state index in [4.69, 9.17) is 24.1 Å². The molecule has 3 rings (SSSR count). The number of halogens is 3. The normalized spacial score (nSPS) is 15.6. The number of hydrogen-bond donors (Lipinski definition) is 2. The number of aromatic nitrogens is 2. The number of aliphatic carboxylic acids is 1. The number of ether oxygens (including phenoxy) is 3. The van der Waals surface area contributed by atoms with E-state index in [1.807, 2.05) is 16.8 Å². The zero-order chi connectivity index (χ0) is 22.9. The van der Waals surface area contributed by atoms with Crippen molar-refractivity contribution in [2.24, 2.45) is 0 Å². The zero-order valence-electron chi connectivity index (χ0n) is 17.3. The van der Waals surface area contributed by atoms with Gasteiger partial charge in [0.15, 0.2) is 0 Å². The molecule has 0 bridgehead atoms. The Balaban J connectivity index is 0.000000423. The lowest BCUT2D eigenvalue weighted by Gasteiger charge is -2.22. The predicted octanol–water partition coefficient (Wildman–Crippen LogP) is 2.58. The molecule has 0 amide bonds. The van der Waals surface area contributed by atoms with Gasteiger partial charge in [0, 0.05) is 26.4 Å². The number of hydrogen-bond acceptors (Lipinski definition) is 6. The molecule has 2 aromatic rings. The van der Waals surface area contributed by atoms with Gasteiger partial charge >= 0.3 is 12.1 Å². The molecule has 8 nitrogen and oxygen atoms in total. The van der Waals surface area contributed by atoms with Gasteiger partial charge in [-0.1, -0.05) is 12.1 Å². The molecule has 11 heteroatoms. The van der Waals surface area contributed by atoms with E-state index in [9.17, 15) is 13.2 Å². The maximum atomic E-state index is 10.6. The van der Waals surface area contributed by atoms with Crippen LogP contribution in [0.3, 0.4) is 0 Å². The molecule has 1 aromatic heterocycles. The summed E-state index contributed by atoms with van der Waals surface area (Å²) in [7, 11) is 3.38. The number of rotatable bonds is 8. The van der Waals surface area contributed by atoms with E-state index in [-0.39, 0.29) is 6.10 Å². The fraction of sp³-hybridized carbons (Fsp3) is 0.500. The van der Waals surface area contributed by atoms with Gasteiger partial charge in [0.25, 0.3) is 0 Å². The highest BCUT2D eigenvalue weighted by atomic mass is 19.4. The minimum absolute atomic E-state index is 0.00999. The second-order valence-electron chi connectivity index (χ2n) is 6.69. The molecule has 1 aliphatic rings. The van der Waals surface area contributed by atoms with Crippen LogP contribution in [0.4, 0.5) is 13.2 Å². The molecule has 1 unspecified atom stereocenters. The zero-order valence-corrected chi connectivity index (χ0v) is 17.3. The summed E-state index contributed by atoms with van der Waals surface area (Å²) in [5.74, 6) is -1.88. The molecular formula is C20H26F3N3O5. The number of carboxylic acid groups (broad SMARTS) is 1. The molecule has 1 aliphatic heterocycles. The van der Waals surface area contributed by atoms with E-state index >= 15 is 0 Å². The topological polar surface area (TPSA) is 94.8 Å². The number of carbonyl (C=O) groups is 1. The Hall–Kier alpha value is -2.63. The summed E-state index contributed by atoms with van der Waals surface area (Å²) >= 11 is 0. The number of fused-ring (bicyclic) bond motifs is 1. The van der Waals surface area contributed by atoms with Crippen molar-refractivity contribution in [1.82, 2.24) is 15.1 Å². The molecule has 0 radical (unpaired) electrons. The third-order valence-corrected chi connectivity index (χ3v) is 4.45. The monoisotopic (exact) mass is 445 g/mol. The third-order valence-electron chi connectivity index (χ3n) is 4.45. The lowest BCUT2D eigenvalue weighted by Crippen LogP contribution is -2.27. The van der Waals surface area contributed by atoms with Crippen LogP contribution in [0.2, 0.25) is 0 Å². The van der Waals surface area contributed by atoms with Crippen molar-refractivity contribution in [2.45, 2.75) is 31.8 Å². The van der Waals surface area contributed by atoms with Crippen LogP contribution in [0.15, 0.2) is 30.5 Å². The Labute approximate surface area is 177 Å². The molecular weight excluding hydrogens is 419 g/mol. The van der Waals surface area contributed by atoms with Crippen molar-refractivity contribution in [3.8, 4) is 5.75 Å². The summed E-state index contributed by atoms with van der Waals surface area (Å²) in [6, 6.07) is 8.09. The minimum Gasteiger partial charge on any atom is -0.497 e. The van der Waals surface area contributed by atoms with E-state index in [1.54, 1.807) is 14.2 Å². The van der Waals surface area contributed by atoms with Gasteiger partial charge in [-0.15, -0.1) is 0 Å². The number of alkyl halides is 3. The van der Waals surface area contributed by atoms with Crippen LogP contribution in [-0.2, 0) is 33.8 Å². The second-order valence-corrected chi connectivity index (χ2v) is 6.69. The highest BCUT2D eigenvalue weighted by Crippen LogP contribution is 2.25. The van der Waals surface area contributed by atoms with Crippen molar-refractivity contribution >= 4 is 5.97 Å². The molecule has 31 heavy (non-hydrogen) atoms. The standard InChI is InChI=1S/C18H25N3O3.C2HF3O2/c1-22-10-8-21-13-15-7-9-24-17(18(15)20-21)12-19-11-14-3-5-16(23-2)6-4-14;3-2(4,5)1(6)7/h3-6,13,17,19H,7-12H2,1-2H3;(H,6,7). The summed E-state index contributed by atoms with van der Waals surface area (Å²) in [6.07, 6.45) is -2.03. The van der Waals surface area contributed by atoms with Crippen LogP contribution < -0.4 is 10.1 Å². The predicted molar refractivity (Wildman–Crippen MR) is 105 cm³/mol. The van der Waals surface area contributed by atoms with Gasteiger partial charge in [0.1, 0.15) is 11.9 Å². The van der Waals surface area contributed by atoms with Gasteiger partial charge in [-0.25, -0.2) is 4.79 Å². The Kier molecular flexibility index (Phi) is 9.28. The lowest BCUT2D eigenvalue weighted by molar-refractivity contribution is -0.192. The number of nitrogens with one attached hydrogen (secondary N) is 1. The number of methoxy groups -OCH3 is 2. The van der Waals surface area contributed by atoms with E-state index in [0.717, 1.165) is 44.1 Å². The van der Waals surface area contributed by atoms with Crippen molar-refractivity contribution < 1.29 is 37.3 Å². The fourth-order valence-corrected chi connectivity index (χ4v) is 2.88. The highest BCUT2D eigenvalue weighted by molar-refractivity contribution is 5.73. The van der Waals surface area contributed by atoms with Gasteiger partial charge in [-0.05, 0) is 29.7 Å². The fourth-order valence-electron chi connectivity index (χ4n) is 2.88. The summed E-state index contributed by atoms with van der Waals surface area (Å²) in [5, 5.41) is 15.3. The van der Waals surface area contributed by atoms with Crippen LogP contribution in [0.5, 0.6) is 5.75 Å². The molecule has 0 saturated carbocycles. The van der Waals surface area contributed by atoms with Crippen LogP contribution in [-0.4, -0.2) is 61.0 Å². The van der Waals surface area contributed by atoms with Gasteiger partial charge in [-0.3, -0.25) is 4.68 Å². The molecule has 0 fully saturated rings. The van der Waals surface area contributed by atoms with Crippen molar-refractivity contribution in [2.75, 3.05) is 34.0 Å². The van der Waals surface area contributed by atoms with Crippen LogP contribution in [0.25, 0.3) is 0 Å². The molecule has 1 aromatic carbocycles. The first-order valence-corrected chi connectivity index (χ1v) is 9.55. The number of carboxylic acids is 1. The molecule has 0 aliphatic carbocycles. The van der Waals surface area contributed by atoms with Crippen LogP contribution >= 0.6 is 0 Å². The summed E-state index contributed by atoms with van der Waals surface area (Å²) < 4.78 is 49.9. The Morgan fingerprint density at radius 1 is 1.32 bits per heavy atom. The number of nitrogens with zero attached hydrogens (tertiary/aromatic N) is 2. The maximum absolute atomic E-state index is 10.6. The minimum atomic E-state index is -5.08. The van der Waals surface area contributed by atoms with Gasteiger partial charge in [0.05, 0.1) is 32.6 Å². The van der Waals surface area contributed by atoms with Gasteiger partial charge < -0.3 is 24.6 Å². The van der Waals surface area contributed by atoms with Gasteiger partial charge in [0.2, 0.25) is 0 Å². The van der Waals surface area contributed by atoms with E-state index in [2.05, 4.69) is 28.7 Å². The largest absolute Gasteiger partial charge is 0.497 e. The molecule has 172 valence electrons. The Morgan fingerprint density at radius 2 is 2.00 bits per heavy atom. The van der Waals surface area contributed by atoms with Gasteiger partial charge in [-0.2, -0.15) is 18.3 Å². The van der Waals surface area contributed by atoms with Crippen LogP contribution in [0.1, 0.15) is 22.9 Å². The Bertz CT molecular complexity index is 824. The SMILES string of the molecule is COCCn1cc2c(n1)C(CNCc1ccc(OC)cc1)OCC2.O=C(O)C(F)(F)F. The van der Waals surface area contributed by atoms with Crippen molar-refractivity contribution in [3.05, 3.63) is 47.3 Å². The smallest absolute Gasteiger partial charge is 0.490 e. The summed E-state index contributed by atoms with van der Waals surface area (Å²) in [4.78, 5) is 8.90. The first kappa shape index (κ1) is 24.6. The summed E-state index contributed by atoms with van der Waals surface area (Å²) in [6.45, 7) is 3.74. The molecule has 2 heterocycles. The Morgan fingerprint density at radius 3 is 2.58 bits per heavy atom. The van der Waals surface area contributed by atoms with E-state index < -0.39 is 12.1 Å². The summed E-state index contributed by atoms with van der Waals surface area (Å²) in [5.41, 5.74) is 3.56. The average molecular weight is 445 g/mol. The second kappa shape index (κ2) is 11.7. The maximum Gasteiger partial charge on any atom is 0.490 e. The highest BCUT2D eigenvalue weighted by Gasteiger charge is 2.38.